The van der Waals surface area contributed by atoms with Gasteiger partial charge in [0.2, 0.25) is 0 Å². The number of unbranched alkanes of at least 4 members (excludes halogenated alkanes) is 3. The largest absolute Gasteiger partial charge is 2.00 e. The first kappa shape index (κ1) is 61.1. The molecule has 0 bridgehead atoms. The molecule has 23 heteroatoms. The molecule has 0 heterocycles. The molecule has 0 aliphatic heterocycles. The van der Waals surface area contributed by atoms with Crippen LogP contribution in [0.2, 0.25) is 0 Å². The van der Waals surface area contributed by atoms with Gasteiger partial charge in [0.15, 0.2) is 0 Å². The molecule has 41 heavy (non-hydrogen) atoms. The fraction of sp³-hybridized carbons (Fsp3) is 0.833. The van der Waals surface area contributed by atoms with E-state index >= 15 is 0 Å². The van der Waals surface area contributed by atoms with E-state index in [9.17, 15) is 14.4 Å². The fourth-order valence-corrected chi connectivity index (χ4v) is 1.90. The van der Waals surface area contributed by atoms with Gasteiger partial charge in [-0.15, -0.1) is 0 Å². The molecule has 0 saturated heterocycles. The van der Waals surface area contributed by atoms with E-state index < -0.39 is 53.2 Å². The Morgan fingerprint density at radius 2 is 0.634 bits per heavy atom. The quantitative estimate of drug-likeness (QED) is 0.0444. The zero-order valence-corrected chi connectivity index (χ0v) is 29.2. The van der Waals surface area contributed by atoms with Crippen LogP contribution < -0.4 is 63.8 Å². The van der Waals surface area contributed by atoms with Crippen molar-refractivity contribution in [3.8, 4) is 0 Å². The molecule has 232 valence electrons. The van der Waals surface area contributed by atoms with Crippen molar-refractivity contribution < 1.29 is 59.1 Å². The molecular formula is C18H42Mg3N6O12P2. The second-order valence-electron chi connectivity index (χ2n) is 7.13. The van der Waals surface area contributed by atoms with E-state index in [-0.39, 0.29) is 69.2 Å². The molecule has 0 fully saturated rings. The SMILES string of the molecule is NCCCC[C@H](N)C(=O)O.NCCCC[C@H](N)C(=O)O.NCCCC[C@H](N)C(=O)O.[Mg+2].[Mg+2].[Mg+2].[O-]P([O-])[O-].[O-]P([O-])[O-]. The Balaban J connectivity index is -0.0000000568. The van der Waals surface area contributed by atoms with Crippen molar-refractivity contribution >= 4 is 104 Å². The Hall–Kier alpha value is 1.09. The maximum absolute atomic E-state index is 10.1. The smallest absolute Gasteiger partial charge is 0.854 e. The van der Waals surface area contributed by atoms with Crippen molar-refractivity contribution in [3.05, 3.63) is 0 Å². The van der Waals surface area contributed by atoms with Gasteiger partial charge in [-0.3, -0.25) is 14.4 Å². The predicted molar refractivity (Wildman–Crippen MR) is 147 cm³/mol. The number of nitrogens with two attached hydrogens (primary N) is 6. The molecule has 0 spiro atoms. The number of carboxylic acids is 3. The molecule has 0 aliphatic rings. The molecule has 0 saturated carbocycles. The summed E-state index contributed by atoms with van der Waals surface area (Å²) in [5.74, 6) is -2.80. The molecule has 3 atom stereocenters. The van der Waals surface area contributed by atoms with Crippen LogP contribution in [0.4, 0.5) is 0 Å². The van der Waals surface area contributed by atoms with E-state index in [1.807, 2.05) is 0 Å². The van der Waals surface area contributed by atoms with Crippen LogP contribution in [0.1, 0.15) is 57.8 Å². The summed E-state index contributed by atoms with van der Waals surface area (Å²) in [6, 6.07) is -2.15. The molecule has 0 aliphatic carbocycles. The van der Waals surface area contributed by atoms with Crippen molar-refractivity contribution in [1.82, 2.24) is 0 Å². The molecule has 15 N–H and O–H groups in total. The Labute approximate surface area is 291 Å². The van der Waals surface area contributed by atoms with Crippen molar-refractivity contribution in [1.29, 1.82) is 0 Å². The Morgan fingerprint density at radius 3 is 0.732 bits per heavy atom. The Bertz CT molecular complexity index is 484. The first-order valence-corrected chi connectivity index (χ1v) is 13.4. The molecular weight excluding hydrogens is 627 g/mol. The molecule has 0 rings (SSSR count). The average molecular weight is 669 g/mol. The third kappa shape index (κ3) is 79.6. The second kappa shape index (κ2) is 48.0. The van der Waals surface area contributed by atoms with Gasteiger partial charge in [-0.2, -0.15) is 0 Å². The van der Waals surface area contributed by atoms with Gasteiger partial charge in [0.25, 0.3) is 0 Å². The van der Waals surface area contributed by atoms with Crippen LogP contribution in [0.25, 0.3) is 0 Å². The first-order chi connectivity index (χ1) is 17.5. The van der Waals surface area contributed by atoms with Gasteiger partial charge in [0, 0.05) is 0 Å². The van der Waals surface area contributed by atoms with Gasteiger partial charge in [-0.25, -0.2) is 0 Å². The van der Waals surface area contributed by atoms with Gasteiger partial charge in [0.05, 0.1) is 0 Å². The van der Waals surface area contributed by atoms with Crippen molar-refractivity contribution in [2.24, 2.45) is 34.4 Å². The van der Waals surface area contributed by atoms with Gasteiger partial charge in [0.1, 0.15) is 18.1 Å². The van der Waals surface area contributed by atoms with Crippen LogP contribution in [-0.4, -0.2) is 140 Å². The van der Waals surface area contributed by atoms with Gasteiger partial charge >= 0.3 is 87.1 Å². The summed E-state index contributed by atoms with van der Waals surface area (Å²) in [7, 11) is -6.74. The third-order valence-electron chi connectivity index (χ3n) is 3.86. The number of rotatable bonds is 15. The summed E-state index contributed by atoms with van der Waals surface area (Å²) >= 11 is 0. The maximum Gasteiger partial charge on any atom is 2.00 e. The molecule has 0 radical (unpaired) electrons. The minimum Gasteiger partial charge on any atom is -0.854 e. The summed E-state index contributed by atoms with van der Waals surface area (Å²) in [5, 5.41) is 25.0. The fourth-order valence-electron chi connectivity index (χ4n) is 1.90. The van der Waals surface area contributed by atoms with Crippen LogP contribution in [0, 0.1) is 0 Å². The monoisotopic (exact) mass is 668 g/mol. The number of carbonyl (C=O) groups is 3. The topological polar surface area (TPSA) is 406 Å². The number of carboxylic acid groups (broad SMARTS) is 3. The molecule has 18 nitrogen and oxygen atoms in total. The van der Waals surface area contributed by atoms with Crippen molar-refractivity contribution in [3.63, 3.8) is 0 Å². The normalized spacial score (nSPS) is 11.3. The van der Waals surface area contributed by atoms with Crippen molar-refractivity contribution in [2.75, 3.05) is 19.6 Å². The van der Waals surface area contributed by atoms with E-state index in [0.717, 1.165) is 38.5 Å². The Kier molecular flexibility index (Phi) is 71.6. The number of aliphatic carboxylic acids is 3. The summed E-state index contributed by atoms with van der Waals surface area (Å²) in [4.78, 5) is 81.3. The van der Waals surface area contributed by atoms with E-state index in [1.165, 1.54) is 0 Å². The minimum absolute atomic E-state index is 0. The maximum atomic E-state index is 10.1. The van der Waals surface area contributed by atoms with Crippen LogP contribution in [0.3, 0.4) is 0 Å². The van der Waals surface area contributed by atoms with Gasteiger partial charge < -0.3 is 96.3 Å². The zero-order chi connectivity index (χ0) is 31.1. The predicted octanol–water partition coefficient (Wildman–Crippen LogP) is -7.97. The van der Waals surface area contributed by atoms with Gasteiger partial charge in [-0.1, -0.05) is 19.3 Å². The molecule has 0 amide bonds. The van der Waals surface area contributed by atoms with Gasteiger partial charge in [-0.05, 0) is 58.2 Å². The van der Waals surface area contributed by atoms with Crippen LogP contribution in [-0.2, 0) is 14.4 Å². The number of hydrogen-bond donors (Lipinski definition) is 9. The third-order valence-corrected chi connectivity index (χ3v) is 3.86. The molecule has 0 unspecified atom stereocenters. The summed E-state index contributed by atoms with van der Waals surface area (Å²) in [6.45, 7) is 1.81. The van der Waals surface area contributed by atoms with E-state index in [0.29, 0.717) is 38.9 Å². The zero-order valence-electron chi connectivity index (χ0n) is 23.2. The molecule has 0 aromatic carbocycles. The summed E-state index contributed by atoms with van der Waals surface area (Å²) in [6.07, 6.45) is 6.49. The summed E-state index contributed by atoms with van der Waals surface area (Å²) < 4.78 is 0. The van der Waals surface area contributed by atoms with E-state index in [1.54, 1.807) is 0 Å². The first-order valence-electron chi connectivity index (χ1n) is 11.2. The second-order valence-corrected chi connectivity index (χ2v) is 8.03. The summed E-state index contributed by atoms with van der Waals surface area (Å²) in [5.41, 5.74) is 31.3. The van der Waals surface area contributed by atoms with Crippen molar-refractivity contribution in [2.45, 2.75) is 75.9 Å². The van der Waals surface area contributed by atoms with Crippen LogP contribution in [0.15, 0.2) is 0 Å². The minimum atomic E-state index is -3.37. The van der Waals surface area contributed by atoms with Crippen LogP contribution >= 0.6 is 17.2 Å². The molecule has 0 aromatic heterocycles. The standard InChI is InChI=1S/3C6H14N2O2.3Mg.2O3P/c3*7-4-2-1-3-5(8)6(9)10;;;;2*1-4(2)3/h3*5H,1-4,7-8H2,(H,9,10);;;;;/q;;;3*+2;2*-3/t3*5-;;;;;/m000...../s1. The van der Waals surface area contributed by atoms with E-state index in [2.05, 4.69) is 0 Å². The van der Waals surface area contributed by atoms with E-state index in [4.69, 9.17) is 79.1 Å². The Morgan fingerprint density at radius 1 is 0.488 bits per heavy atom. The molecule has 0 aromatic rings. The number of hydrogen-bond acceptors (Lipinski definition) is 15. The average Bonchev–Trinajstić information content (AvgIpc) is 2.79. The van der Waals surface area contributed by atoms with Crippen LogP contribution in [0.5, 0.6) is 0 Å².